The van der Waals surface area contributed by atoms with Crippen LogP contribution in [0.4, 0.5) is 0 Å². The standard InChI is InChI=1S/C20H28NO3.ClH/c1-22-18-14-17(15-19(23-2)20(18)24-3)6-4-5-10-21-11-7-16(8-12-21)9-13-21;/h14-16H,5,7-13H2,1-3H3;1H/q+1;/p-1. The van der Waals surface area contributed by atoms with Gasteiger partial charge in [-0.15, -0.1) is 0 Å². The summed E-state index contributed by atoms with van der Waals surface area (Å²) in [6.45, 7) is 5.26. The highest BCUT2D eigenvalue weighted by Crippen LogP contribution is 2.38. The highest BCUT2D eigenvalue weighted by atomic mass is 35.5. The van der Waals surface area contributed by atoms with E-state index in [4.69, 9.17) is 14.2 Å². The predicted molar refractivity (Wildman–Crippen MR) is 94.7 cm³/mol. The fourth-order valence-corrected chi connectivity index (χ4v) is 4.08. The molecular weight excluding hydrogens is 338 g/mol. The van der Waals surface area contributed by atoms with Gasteiger partial charge in [0.2, 0.25) is 5.75 Å². The Morgan fingerprint density at radius 2 is 1.52 bits per heavy atom. The minimum Gasteiger partial charge on any atom is -1.00 e. The number of methoxy groups -OCH3 is 3. The van der Waals surface area contributed by atoms with Crippen LogP contribution in [0.15, 0.2) is 12.1 Å². The van der Waals surface area contributed by atoms with E-state index in [0.717, 1.165) is 17.9 Å². The number of rotatable bonds is 5. The Morgan fingerprint density at radius 1 is 0.960 bits per heavy atom. The maximum absolute atomic E-state index is 5.38. The lowest BCUT2D eigenvalue weighted by Crippen LogP contribution is -3.00. The van der Waals surface area contributed by atoms with Gasteiger partial charge in [-0.3, -0.25) is 0 Å². The third-order valence-electron chi connectivity index (χ3n) is 5.64. The van der Waals surface area contributed by atoms with E-state index < -0.39 is 0 Å². The SMILES string of the molecule is COc1cc(C#CCC[N+]23CCC(CC2)CC3)cc(OC)c1OC.[Cl-]. The molecule has 0 amide bonds. The van der Waals surface area contributed by atoms with Gasteiger partial charge in [0.1, 0.15) is 0 Å². The van der Waals surface area contributed by atoms with Crippen molar-refractivity contribution in [2.24, 2.45) is 5.92 Å². The molecule has 0 saturated carbocycles. The molecule has 138 valence electrons. The van der Waals surface area contributed by atoms with Crippen LogP contribution in [0, 0.1) is 17.8 Å². The van der Waals surface area contributed by atoms with E-state index in [2.05, 4.69) is 11.8 Å². The number of hydrogen-bond acceptors (Lipinski definition) is 3. The molecule has 0 N–H and O–H groups in total. The van der Waals surface area contributed by atoms with Crippen LogP contribution in [-0.2, 0) is 0 Å². The van der Waals surface area contributed by atoms with Gasteiger partial charge in [-0.25, -0.2) is 0 Å². The van der Waals surface area contributed by atoms with E-state index >= 15 is 0 Å². The van der Waals surface area contributed by atoms with Gasteiger partial charge in [-0.2, -0.15) is 0 Å². The van der Waals surface area contributed by atoms with Crippen LogP contribution in [0.5, 0.6) is 17.2 Å². The van der Waals surface area contributed by atoms with Crippen molar-refractivity contribution in [1.29, 1.82) is 0 Å². The molecule has 1 aromatic rings. The van der Waals surface area contributed by atoms with E-state index in [0.29, 0.717) is 17.2 Å². The van der Waals surface area contributed by atoms with Crippen molar-refractivity contribution in [1.82, 2.24) is 0 Å². The molecule has 25 heavy (non-hydrogen) atoms. The molecular formula is C20H28ClNO3. The summed E-state index contributed by atoms with van der Waals surface area (Å²) in [4.78, 5) is 0. The molecule has 0 spiro atoms. The molecule has 0 unspecified atom stereocenters. The number of quaternary nitrogens is 1. The summed E-state index contributed by atoms with van der Waals surface area (Å²) in [7, 11) is 4.87. The molecule has 3 fully saturated rings. The number of ether oxygens (including phenoxy) is 3. The van der Waals surface area contributed by atoms with Gasteiger partial charge >= 0.3 is 0 Å². The zero-order valence-electron chi connectivity index (χ0n) is 15.4. The largest absolute Gasteiger partial charge is 1.00 e. The molecule has 4 nitrogen and oxygen atoms in total. The van der Waals surface area contributed by atoms with Gasteiger partial charge in [0, 0.05) is 5.56 Å². The van der Waals surface area contributed by atoms with Crippen LogP contribution >= 0.6 is 0 Å². The van der Waals surface area contributed by atoms with Crippen molar-refractivity contribution in [3.05, 3.63) is 17.7 Å². The molecule has 1 aromatic carbocycles. The molecule has 2 bridgehead atoms. The van der Waals surface area contributed by atoms with Crippen LogP contribution in [0.25, 0.3) is 0 Å². The highest BCUT2D eigenvalue weighted by Gasteiger charge is 2.38. The lowest BCUT2D eigenvalue weighted by Gasteiger charge is -2.49. The van der Waals surface area contributed by atoms with Gasteiger partial charge < -0.3 is 31.1 Å². The first-order chi connectivity index (χ1) is 11.7. The van der Waals surface area contributed by atoms with E-state index in [9.17, 15) is 0 Å². The maximum Gasteiger partial charge on any atom is 0.203 e. The van der Waals surface area contributed by atoms with Crippen LogP contribution in [0.3, 0.4) is 0 Å². The number of benzene rings is 1. The Bertz CT molecular complexity index is 603. The Balaban J connectivity index is 0.00000225. The highest BCUT2D eigenvalue weighted by molar-refractivity contribution is 5.57. The molecule has 0 radical (unpaired) electrons. The second-order valence-corrected chi connectivity index (χ2v) is 6.93. The molecule has 0 atom stereocenters. The van der Waals surface area contributed by atoms with Crippen LogP contribution in [-0.4, -0.2) is 52.0 Å². The summed E-state index contributed by atoms with van der Waals surface area (Å²) in [6.07, 6.45) is 5.20. The molecule has 0 aliphatic carbocycles. The third kappa shape index (κ3) is 4.34. The maximum atomic E-state index is 5.38. The zero-order valence-corrected chi connectivity index (χ0v) is 16.2. The first kappa shape index (κ1) is 19.8. The van der Waals surface area contributed by atoms with E-state index in [1.165, 1.54) is 49.9 Å². The number of piperidine rings is 3. The predicted octanol–water partition coefficient (Wildman–Crippen LogP) is 0.0885. The summed E-state index contributed by atoms with van der Waals surface area (Å²) in [5.41, 5.74) is 0.904. The second-order valence-electron chi connectivity index (χ2n) is 6.93. The lowest BCUT2D eigenvalue weighted by atomic mass is 9.85. The smallest absolute Gasteiger partial charge is 0.203 e. The van der Waals surface area contributed by atoms with Crippen LogP contribution < -0.4 is 26.6 Å². The zero-order chi connectivity index (χ0) is 17.0. The average Bonchev–Trinajstić information content (AvgIpc) is 2.65. The molecule has 3 saturated heterocycles. The van der Waals surface area contributed by atoms with E-state index in [1.54, 1.807) is 21.3 Å². The van der Waals surface area contributed by atoms with Crippen molar-refractivity contribution < 1.29 is 31.1 Å². The minimum atomic E-state index is 0. The van der Waals surface area contributed by atoms with Crippen LogP contribution in [0.2, 0.25) is 0 Å². The topological polar surface area (TPSA) is 27.7 Å². The number of fused-ring (bicyclic) bond motifs is 3. The molecule has 3 heterocycles. The quantitative estimate of drug-likeness (QED) is 0.547. The van der Waals surface area contributed by atoms with Crippen molar-refractivity contribution in [3.8, 4) is 29.1 Å². The van der Waals surface area contributed by atoms with Crippen LogP contribution in [0.1, 0.15) is 31.2 Å². The first-order valence-electron chi connectivity index (χ1n) is 8.84. The number of nitrogens with zero attached hydrogens (tertiary/aromatic N) is 1. The van der Waals surface area contributed by atoms with Crippen molar-refractivity contribution in [3.63, 3.8) is 0 Å². The average molecular weight is 366 g/mol. The van der Waals surface area contributed by atoms with Gasteiger partial charge in [-0.05, 0) is 37.3 Å². The van der Waals surface area contributed by atoms with E-state index in [-0.39, 0.29) is 12.4 Å². The summed E-state index contributed by atoms with van der Waals surface area (Å²) in [5, 5.41) is 0. The molecule has 5 heteroatoms. The van der Waals surface area contributed by atoms with Gasteiger partial charge in [0.15, 0.2) is 11.5 Å². The minimum absolute atomic E-state index is 0. The van der Waals surface area contributed by atoms with Gasteiger partial charge in [-0.1, -0.05) is 11.8 Å². The normalized spacial score (nSPS) is 23.9. The Morgan fingerprint density at radius 3 is 2.00 bits per heavy atom. The fraction of sp³-hybridized carbons (Fsp3) is 0.600. The first-order valence-corrected chi connectivity index (χ1v) is 8.84. The number of hydrogen-bond donors (Lipinski definition) is 0. The molecule has 4 rings (SSSR count). The van der Waals surface area contributed by atoms with Gasteiger partial charge in [0.05, 0.1) is 53.9 Å². The van der Waals surface area contributed by atoms with Crippen molar-refractivity contribution in [2.45, 2.75) is 25.7 Å². The molecule has 3 aliphatic heterocycles. The van der Waals surface area contributed by atoms with Crippen molar-refractivity contribution in [2.75, 3.05) is 47.5 Å². The number of halogens is 1. The van der Waals surface area contributed by atoms with Gasteiger partial charge in [0.25, 0.3) is 0 Å². The lowest BCUT2D eigenvalue weighted by molar-refractivity contribution is -0.942. The van der Waals surface area contributed by atoms with E-state index in [1.807, 2.05) is 12.1 Å². The monoisotopic (exact) mass is 365 g/mol. The summed E-state index contributed by atoms with van der Waals surface area (Å²) in [6, 6.07) is 3.82. The summed E-state index contributed by atoms with van der Waals surface area (Å²) < 4.78 is 17.4. The summed E-state index contributed by atoms with van der Waals surface area (Å²) in [5.74, 6) is 9.54. The van der Waals surface area contributed by atoms with Crippen molar-refractivity contribution >= 4 is 0 Å². The Kier molecular flexibility index (Phi) is 6.87. The summed E-state index contributed by atoms with van der Waals surface area (Å²) >= 11 is 0. The molecule has 0 aromatic heterocycles. The molecule has 3 aliphatic rings. The second kappa shape index (κ2) is 8.69. The Hall–Kier alpha value is -1.57. The third-order valence-corrected chi connectivity index (χ3v) is 5.64. The fourth-order valence-electron chi connectivity index (χ4n) is 4.08. The Labute approximate surface area is 157 Å².